The van der Waals surface area contributed by atoms with Crippen molar-refractivity contribution in [1.82, 2.24) is 10.6 Å². The number of nitrogens with one attached hydrogen (secondary N) is 2. The molecule has 0 aliphatic heterocycles. The Kier molecular flexibility index (Phi) is 6.52. The summed E-state index contributed by atoms with van der Waals surface area (Å²) in [5.41, 5.74) is 0. The summed E-state index contributed by atoms with van der Waals surface area (Å²) in [5.74, 6) is 0.286. The maximum absolute atomic E-state index is 11.6. The number of carbonyl (C=O) groups excluding carboxylic acids is 1. The number of hydrogen-bond donors (Lipinski definition) is 3. The molecule has 3 N–H and O–H groups in total. The Hall–Kier alpha value is -0.610. The molecule has 0 aromatic rings. The molecule has 0 fully saturated rings. The van der Waals surface area contributed by atoms with Crippen molar-refractivity contribution in [3.63, 3.8) is 0 Å². The highest BCUT2D eigenvalue weighted by molar-refractivity contribution is 5.81. The lowest BCUT2D eigenvalue weighted by atomic mass is 10.0. The molecule has 1 amide bonds. The molecule has 0 aliphatic carbocycles. The summed E-state index contributed by atoms with van der Waals surface area (Å²) >= 11 is 0. The van der Waals surface area contributed by atoms with Gasteiger partial charge in [-0.1, -0.05) is 13.8 Å². The van der Waals surface area contributed by atoms with Crippen molar-refractivity contribution in [1.29, 1.82) is 0 Å². The number of carbonyl (C=O) groups is 1. The van der Waals surface area contributed by atoms with Gasteiger partial charge in [-0.2, -0.15) is 0 Å². The maximum atomic E-state index is 11.6. The Labute approximate surface area is 92.4 Å². The van der Waals surface area contributed by atoms with Crippen molar-refractivity contribution in [2.45, 2.75) is 52.7 Å². The molecular formula is C11H24N2O2. The Bertz CT molecular complexity index is 193. The molecule has 0 saturated carbocycles. The number of amides is 1. The van der Waals surface area contributed by atoms with Crippen LogP contribution < -0.4 is 10.6 Å². The van der Waals surface area contributed by atoms with Crippen molar-refractivity contribution >= 4 is 5.91 Å². The Morgan fingerprint density at radius 1 is 1.20 bits per heavy atom. The summed E-state index contributed by atoms with van der Waals surface area (Å²) < 4.78 is 0. The highest BCUT2D eigenvalue weighted by atomic mass is 16.3. The summed E-state index contributed by atoms with van der Waals surface area (Å²) in [6, 6.07) is -0.154. The van der Waals surface area contributed by atoms with Gasteiger partial charge in [-0.05, 0) is 26.7 Å². The first-order valence-electron chi connectivity index (χ1n) is 5.55. The number of hydrogen-bond acceptors (Lipinski definition) is 3. The third-order valence-corrected chi connectivity index (χ3v) is 2.29. The van der Waals surface area contributed by atoms with E-state index >= 15 is 0 Å². The van der Waals surface area contributed by atoms with Gasteiger partial charge in [0, 0.05) is 12.1 Å². The average molecular weight is 216 g/mol. The molecule has 0 bridgehead atoms. The molecular weight excluding hydrogens is 192 g/mol. The summed E-state index contributed by atoms with van der Waals surface area (Å²) in [5, 5.41) is 15.1. The average Bonchev–Trinajstić information content (AvgIpc) is 2.11. The zero-order valence-electron chi connectivity index (χ0n) is 10.4. The van der Waals surface area contributed by atoms with E-state index in [9.17, 15) is 4.79 Å². The minimum Gasteiger partial charge on any atom is -0.395 e. The first kappa shape index (κ1) is 14.4. The van der Waals surface area contributed by atoms with Gasteiger partial charge in [0.1, 0.15) is 0 Å². The fraction of sp³-hybridized carbons (Fsp3) is 0.909. The summed E-state index contributed by atoms with van der Waals surface area (Å²) in [6.07, 6.45) is 0. The fourth-order valence-electron chi connectivity index (χ4n) is 1.26. The lowest BCUT2D eigenvalue weighted by Crippen LogP contribution is -2.50. The molecule has 0 rings (SSSR count). The van der Waals surface area contributed by atoms with Crippen molar-refractivity contribution in [3.05, 3.63) is 0 Å². The van der Waals surface area contributed by atoms with Crippen LogP contribution in [0.1, 0.15) is 34.6 Å². The predicted octanol–water partition coefficient (Wildman–Crippen LogP) is 0.506. The molecule has 4 nitrogen and oxygen atoms in total. The lowest BCUT2D eigenvalue weighted by Gasteiger charge is -2.24. The number of aliphatic hydroxyl groups excluding tert-OH is 1. The van der Waals surface area contributed by atoms with Crippen LogP contribution in [-0.2, 0) is 4.79 Å². The van der Waals surface area contributed by atoms with Crippen molar-refractivity contribution in [2.75, 3.05) is 6.61 Å². The van der Waals surface area contributed by atoms with Gasteiger partial charge in [0.2, 0.25) is 5.91 Å². The number of aliphatic hydroxyl groups is 1. The second kappa shape index (κ2) is 6.80. The van der Waals surface area contributed by atoms with E-state index in [-0.39, 0.29) is 30.6 Å². The van der Waals surface area contributed by atoms with Gasteiger partial charge >= 0.3 is 0 Å². The van der Waals surface area contributed by atoms with Crippen molar-refractivity contribution in [2.24, 2.45) is 5.92 Å². The predicted molar refractivity (Wildman–Crippen MR) is 61.6 cm³/mol. The lowest BCUT2D eigenvalue weighted by molar-refractivity contribution is -0.123. The molecule has 4 heteroatoms. The molecule has 0 aromatic heterocycles. The van der Waals surface area contributed by atoms with E-state index in [1.165, 1.54) is 0 Å². The van der Waals surface area contributed by atoms with Crippen LogP contribution in [0.4, 0.5) is 0 Å². The highest BCUT2D eigenvalue weighted by Crippen LogP contribution is 2.01. The Balaban J connectivity index is 4.10. The van der Waals surface area contributed by atoms with E-state index < -0.39 is 0 Å². The zero-order chi connectivity index (χ0) is 12.0. The van der Waals surface area contributed by atoms with E-state index in [0.717, 1.165) is 0 Å². The van der Waals surface area contributed by atoms with Crippen LogP contribution in [0, 0.1) is 5.92 Å². The maximum Gasteiger partial charge on any atom is 0.237 e. The van der Waals surface area contributed by atoms with E-state index in [2.05, 4.69) is 10.6 Å². The van der Waals surface area contributed by atoms with Crippen LogP contribution >= 0.6 is 0 Å². The van der Waals surface area contributed by atoms with Crippen LogP contribution in [-0.4, -0.2) is 35.7 Å². The summed E-state index contributed by atoms with van der Waals surface area (Å²) in [7, 11) is 0. The normalized spacial score (nSPS) is 15.5. The molecule has 0 heterocycles. The molecule has 0 radical (unpaired) electrons. The second-order valence-electron chi connectivity index (χ2n) is 4.58. The molecule has 0 spiro atoms. The first-order chi connectivity index (χ1) is 6.88. The topological polar surface area (TPSA) is 61.4 Å². The zero-order valence-corrected chi connectivity index (χ0v) is 10.4. The van der Waals surface area contributed by atoms with E-state index in [0.29, 0.717) is 5.92 Å². The van der Waals surface area contributed by atoms with Gasteiger partial charge in [-0.25, -0.2) is 0 Å². The van der Waals surface area contributed by atoms with Crippen molar-refractivity contribution < 1.29 is 9.90 Å². The first-order valence-corrected chi connectivity index (χ1v) is 5.55. The highest BCUT2D eigenvalue weighted by Gasteiger charge is 2.19. The monoisotopic (exact) mass is 216 g/mol. The molecule has 2 atom stereocenters. The third-order valence-electron chi connectivity index (χ3n) is 2.29. The minimum atomic E-state index is -0.271. The Morgan fingerprint density at radius 3 is 2.07 bits per heavy atom. The molecule has 1 unspecified atom stereocenters. The second-order valence-corrected chi connectivity index (χ2v) is 4.58. The van der Waals surface area contributed by atoms with Gasteiger partial charge < -0.3 is 15.7 Å². The van der Waals surface area contributed by atoms with Crippen molar-refractivity contribution in [3.8, 4) is 0 Å². The van der Waals surface area contributed by atoms with Crippen LogP contribution in [0.3, 0.4) is 0 Å². The van der Waals surface area contributed by atoms with Crippen LogP contribution in [0.25, 0.3) is 0 Å². The molecule has 15 heavy (non-hydrogen) atoms. The van der Waals surface area contributed by atoms with Gasteiger partial charge in [0.15, 0.2) is 0 Å². The molecule has 0 aromatic carbocycles. The van der Waals surface area contributed by atoms with E-state index in [4.69, 9.17) is 5.11 Å². The largest absolute Gasteiger partial charge is 0.395 e. The smallest absolute Gasteiger partial charge is 0.237 e. The van der Waals surface area contributed by atoms with Crippen LogP contribution in [0.2, 0.25) is 0 Å². The third kappa shape index (κ3) is 5.74. The van der Waals surface area contributed by atoms with Gasteiger partial charge in [0.25, 0.3) is 0 Å². The van der Waals surface area contributed by atoms with E-state index in [1.807, 2.05) is 34.6 Å². The number of rotatable bonds is 6. The summed E-state index contributed by atoms with van der Waals surface area (Å²) in [6.45, 7) is 9.74. The van der Waals surface area contributed by atoms with Gasteiger partial charge in [-0.3, -0.25) is 4.79 Å². The Morgan fingerprint density at radius 2 is 1.73 bits per heavy atom. The standard InChI is InChI=1S/C11H24N2O2/c1-7(2)10(6-14)13-9(5)11(15)12-8(3)4/h7-10,13-14H,6H2,1-5H3,(H,12,15)/t9?,10-/m1/s1. The molecule has 0 saturated heterocycles. The quantitative estimate of drug-likeness (QED) is 0.606. The van der Waals surface area contributed by atoms with Crippen LogP contribution in [0.5, 0.6) is 0 Å². The van der Waals surface area contributed by atoms with Gasteiger partial charge in [0.05, 0.1) is 12.6 Å². The van der Waals surface area contributed by atoms with Crippen LogP contribution in [0.15, 0.2) is 0 Å². The minimum absolute atomic E-state index is 0.0240. The molecule has 90 valence electrons. The van der Waals surface area contributed by atoms with Gasteiger partial charge in [-0.15, -0.1) is 0 Å². The summed E-state index contributed by atoms with van der Waals surface area (Å²) in [4.78, 5) is 11.6. The SMILES string of the molecule is CC(C)NC(=O)C(C)N[C@H](CO)C(C)C. The molecule has 0 aliphatic rings. The van der Waals surface area contributed by atoms with E-state index in [1.54, 1.807) is 0 Å². The fourth-order valence-corrected chi connectivity index (χ4v) is 1.26.